The number of benzene rings is 2. The standard InChI is InChI=1S/C21H16F2N4O2S/c1-12-8-19(25-20(28)16-7-6-14(22)10-17(16)23)27(26-12)21-24-18(11-30-21)13-4-3-5-15(9-13)29-2/h3-11H,1-2H3,(H,25,28). The second kappa shape index (κ2) is 8.03. The fourth-order valence-electron chi connectivity index (χ4n) is 2.87. The van der Waals surface area contributed by atoms with Gasteiger partial charge in [0, 0.05) is 23.1 Å². The first-order valence-electron chi connectivity index (χ1n) is 8.88. The van der Waals surface area contributed by atoms with Gasteiger partial charge in [-0.3, -0.25) is 4.79 Å². The molecule has 0 saturated carbocycles. The van der Waals surface area contributed by atoms with Gasteiger partial charge in [0.05, 0.1) is 24.1 Å². The average molecular weight is 426 g/mol. The number of carbonyl (C=O) groups is 1. The molecule has 0 radical (unpaired) electrons. The van der Waals surface area contributed by atoms with Crippen LogP contribution in [0.2, 0.25) is 0 Å². The number of nitrogens with one attached hydrogen (secondary N) is 1. The number of thiazole rings is 1. The molecule has 0 atom stereocenters. The summed E-state index contributed by atoms with van der Waals surface area (Å²) < 4.78 is 33.8. The Kier molecular flexibility index (Phi) is 5.28. The Bertz CT molecular complexity index is 1240. The van der Waals surface area contributed by atoms with Crippen LogP contribution in [0.1, 0.15) is 16.1 Å². The first kappa shape index (κ1) is 19.7. The van der Waals surface area contributed by atoms with Crippen molar-refractivity contribution in [2.24, 2.45) is 0 Å². The van der Waals surface area contributed by atoms with Gasteiger partial charge < -0.3 is 10.1 Å². The van der Waals surface area contributed by atoms with Gasteiger partial charge in [-0.1, -0.05) is 12.1 Å². The molecule has 4 rings (SSSR count). The first-order valence-corrected chi connectivity index (χ1v) is 9.76. The second-order valence-electron chi connectivity index (χ2n) is 6.41. The Morgan fingerprint density at radius 3 is 2.77 bits per heavy atom. The van der Waals surface area contributed by atoms with Crippen molar-refractivity contribution in [1.29, 1.82) is 0 Å². The Morgan fingerprint density at radius 1 is 1.17 bits per heavy atom. The van der Waals surface area contributed by atoms with Crippen LogP contribution in [-0.2, 0) is 0 Å². The molecule has 0 aliphatic carbocycles. The molecule has 0 aliphatic heterocycles. The molecule has 152 valence electrons. The van der Waals surface area contributed by atoms with E-state index >= 15 is 0 Å². The fraction of sp³-hybridized carbons (Fsp3) is 0.0952. The lowest BCUT2D eigenvalue weighted by molar-refractivity contribution is 0.102. The van der Waals surface area contributed by atoms with E-state index in [0.29, 0.717) is 28.5 Å². The lowest BCUT2D eigenvalue weighted by Crippen LogP contribution is -2.16. The van der Waals surface area contributed by atoms with E-state index in [1.54, 1.807) is 20.1 Å². The highest BCUT2D eigenvalue weighted by atomic mass is 32.1. The molecule has 9 heteroatoms. The predicted octanol–water partition coefficient (Wildman–Crippen LogP) is 4.84. The highest BCUT2D eigenvalue weighted by molar-refractivity contribution is 7.12. The van der Waals surface area contributed by atoms with Gasteiger partial charge in [-0.2, -0.15) is 9.78 Å². The van der Waals surface area contributed by atoms with Crippen LogP contribution in [0.3, 0.4) is 0 Å². The summed E-state index contributed by atoms with van der Waals surface area (Å²) >= 11 is 1.34. The number of methoxy groups -OCH3 is 1. The normalized spacial score (nSPS) is 10.8. The number of halogens is 2. The molecule has 2 heterocycles. The van der Waals surface area contributed by atoms with Crippen LogP contribution < -0.4 is 10.1 Å². The quantitative estimate of drug-likeness (QED) is 0.496. The Morgan fingerprint density at radius 2 is 2.00 bits per heavy atom. The molecular weight excluding hydrogens is 410 g/mol. The van der Waals surface area contributed by atoms with Crippen molar-refractivity contribution in [3.8, 4) is 22.1 Å². The van der Waals surface area contributed by atoms with E-state index in [2.05, 4.69) is 15.4 Å². The highest BCUT2D eigenvalue weighted by Gasteiger charge is 2.18. The van der Waals surface area contributed by atoms with Crippen molar-refractivity contribution in [1.82, 2.24) is 14.8 Å². The van der Waals surface area contributed by atoms with Crippen molar-refractivity contribution >= 4 is 23.1 Å². The molecule has 1 amide bonds. The Labute approximate surface area is 174 Å². The minimum Gasteiger partial charge on any atom is -0.497 e. The predicted molar refractivity (Wildman–Crippen MR) is 110 cm³/mol. The van der Waals surface area contributed by atoms with Gasteiger partial charge in [0.1, 0.15) is 23.2 Å². The largest absolute Gasteiger partial charge is 0.497 e. The lowest BCUT2D eigenvalue weighted by atomic mass is 10.2. The van der Waals surface area contributed by atoms with Crippen LogP contribution in [0, 0.1) is 18.6 Å². The third-order valence-corrected chi connectivity index (χ3v) is 5.10. The van der Waals surface area contributed by atoms with Gasteiger partial charge >= 0.3 is 0 Å². The van der Waals surface area contributed by atoms with Gasteiger partial charge in [0.15, 0.2) is 0 Å². The zero-order chi connectivity index (χ0) is 21.3. The highest BCUT2D eigenvalue weighted by Crippen LogP contribution is 2.28. The van der Waals surface area contributed by atoms with E-state index in [0.717, 1.165) is 23.4 Å². The van der Waals surface area contributed by atoms with Gasteiger partial charge in [-0.25, -0.2) is 13.8 Å². The maximum atomic E-state index is 13.9. The van der Waals surface area contributed by atoms with Gasteiger partial charge in [0.2, 0.25) is 5.13 Å². The maximum absolute atomic E-state index is 13.9. The molecule has 0 saturated heterocycles. The monoisotopic (exact) mass is 426 g/mol. The molecule has 2 aromatic heterocycles. The lowest BCUT2D eigenvalue weighted by Gasteiger charge is -2.07. The molecule has 1 N–H and O–H groups in total. The van der Waals surface area contributed by atoms with Crippen molar-refractivity contribution in [3.05, 3.63) is 76.8 Å². The number of nitrogens with zero attached hydrogens (tertiary/aromatic N) is 3. The summed E-state index contributed by atoms with van der Waals surface area (Å²) in [4.78, 5) is 17.1. The Balaban J connectivity index is 1.64. The van der Waals surface area contributed by atoms with Gasteiger partial charge in [-0.15, -0.1) is 11.3 Å². The van der Waals surface area contributed by atoms with Crippen molar-refractivity contribution in [2.45, 2.75) is 6.92 Å². The molecule has 0 unspecified atom stereocenters. The number of aromatic nitrogens is 3. The molecule has 0 bridgehead atoms. The zero-order valence-electron chi connectivity index (χ0n) is 16.0. The summed E-state index contributed by atoms with van der Waals surface area (Å²) in [5, 5.41) is 9.39. The number of hydrogen-bond acceptors (Lipinski definition) is 5. The number of hydrogen-bond donors (Lipinski definition) is 1. The minimum absolute atomic E-state index is 0.266. The summed E-state index contributed by atoms with van der Waals surface area (Å²) in [6, 6.07) is 11.9. The summed E-state index contributed by atoms with van der Waals surface area (Å²) in [6.07, 6.45) is 0. The van der Waals surface area contributed by atoms with Crippen LogP contribution in [-0.4, -0.2) is 27.8 Å². The van der Waals surface area contributed by atoms with Crippen LogP contribution in [0.4, 0.5) is 14.6 Å². The van der Waals surface area contributed by atoms with Crippen LogP contribution in [0.25, 0.3) is 16.4 Å². The SMILES string of the molecule is COc1cccc(-c2csc(-n3nc(C)cc3NC(=O)c3ccc(F)cc3F)n2)c1. The maximum Gasteiger partial charge on any atom is 0.259 e. The average Bonchev–Trinajstić information content (AvgIpc) is 3.34. The molecule has 2 aromatic carbocycles. The number of anilines is 1. The molecule has 4 aromatic rings. The molecular formula is C21H16F2N4O2S. The number of ether oxygens (including phenoxy) is 1. The summed E-state index contributed by atoms with van der Waals surface area (Å²) in [5.41, 5.74) is 1.98. The van der Waals surface area contributed by atoms with E-state index in [1.165, 1.54) is 16.0 Å². The van der Waals surface area contributed by atoms with Crippen molar-refractivity contribution < 1.29 is 18.3 Å². The van der Waals surface area contributed by atoms with Gasteiger partial charge in [0.25, 0.3) is 5.91 Å². The minimum atomic E-state index is -0.940. The third-order valence-electron chi connectivity index (χ3n) is 4.29. The van der Waals surface area contributed by atoms with Crippen molar-refractivity contribution in [2.75, 3.05) is 12.4 Å². The van der Waals surface area contributed by atoms with Crippen LogP contribution in [0.15, 0.2) is 53.9 Å². The van der Waals surface area contributed by atoms with Crippen molar-refractivity contribution in [3.63, 3.8) is 0 Å². The van der Waals surface area contributed by atoms with E-state index in [1.807, 2.05) is 29.6 Å². The number of amides is 1. The van der Waals surface area contributed by atoms with Gasteiger partial charge in [-0.05, 0) is 31.2 Å². The summed E-state index contributed by atoms with van der Waals surface area (Å²) in [6.45, 7) is 1.77. The van der Waals surface area contributed by atoms with Crippen LogP contribution in [0.5, 0.6) is 5.75 Å². The van der Waals surface area contributed by atoms with E-state index in [4.69, 9.17) is 4.74 Å². The smallest absolute Gasteiger partial charge is 0.259 e. The molecule has 0 aliphatic rings. The van der Waals surface area contributed by atoms with E-state index < -0.39 is 17.5 Å². The fourth-order valence-corrected chi connectivity index (χ4v) is 3.66. The number of aryl methyl sites for hydroxylation is 1. The zero-order valence-corrected chi connectivity index (χ0v) is 16.8. The molecule has 0 spiro atoms. The second-order valence-corrected chi connectivity index (χ2v) is 7.24. The summed E-state index contributed by atoms with van der Waals surface area (Å²) in [7, 11) is 1.59. The molecule has 0 fully saturated rings. The van der Waals surface area contributed by atoms with Crippen LogP contribution >= 0.6 is 11.3 Å². The molecule has 30 heavy (non-hydrogen) atoms. The topological polar surface area (TPSA) is 69.0 Å². The Hall–Kier alpha value is -3.59. The summed E-state index contributed by atoms with van der Waals surface area (Å²) in [5.74, 6) is -1.36. The first-order chi connectivity index (χ1) is 14.4. The molecule has 6 nitrogen and oxygen atoms in total. The van der Waals surface area contributed by atoms with E-state index in [9.17, 15) is 13.6 Å². The number of carbonyl (C=O) groups excluding carboxylic acids is 1. The third kappa shape index (κ3) is 3.92. The van der Waals surface area contributed by atoms with E-state index in [-0.39, 0.29) is 5.56 Å². The number of rotatable bonds is 5.